The highest BCUT2D eigenvalue weighted by Gasteiger charge is 2.30. The zero-order valence-electron chi connectivity index (χ0n) is 19.8. The lowest BCUT2D eigenvalue weighted by molar-refractivity contribution is 0.184. The Morgan fingerprint density at radius 3 is 2.19 bits per heavy atom. The van der Waals surface area contributed by atoms with E-state index in [-0.39, 0.29) is 8.80 Å². The third-order valence-corrected chi connectivity index (χ3v) is 12.0. The van der Waals surface area contributed by atoms with Gasteiger partial charge in [-0.05, 0) is 60.6 Å². The zero-order valence-corrected chi connectivity index (χ0v) is 22.4. The quantitative estimate of drug-likeness (QED) is 0.219. The molecule has 1 saturated carbocycles. The molecule has 1 aliphatic heterocycles. The molecule has 0 atom stereocenters. The van der Waals surface area contributed by atoms with E-state index in [2.05, 4.69) is 31.2 Å². The first-order valence-corrected chi connectivity index (χ1v) is 16.5. The molecule has 0 amide bonds. The Labute approximate surface area is 203 Å². The third-order valence-electron chi connectivity index (χ3n) is 8.25. The van der Waals surface area contributed by atoms with Gasteiger partial charge in [-0.15, -0.1) is 0 Å². The van der Waals surface area contributed by atoms with Crippen LogP contribution in [0.5, 0.6) is 0 Å². The summed E-state index contributed by atoms with van der Waals surface area (Å²) in [4.78, 5) is 0. The average molecular weight is 480 g/mol. The molecule has 1 aliphatic carbocycles. The van der Waals surface area contributed by atoms with Gasteiger partial charge in [0.1, 0.15) is 4.49 Å². The van der Waals surface area contributed by atoms with Gasteiger partial charge in [0.25, 0.3) is 0 Å². The summed E-state index contributed by atoms with van der Waals surface area (Å²) in [6.07, 6.45) is 20.9. The summed E-state index contributed by atoms with van der Waals surface area (Å²) in [6, 6.07) is 13.7. The van der Waals surface area contributed by atoms with E-state index in [9.17, 15) is 0 Å². The molecule has 174 valence electrons. The fourth-order valence-electron chi connectivity index (χ4n) is 6.25. The van der Waals surface area contributed by atoms with E-state index in [4.69, 9.17) is 23.2 Å². The summed E-state index contributed by atoms with van der Waals surface area (Å²) in [5.74, 6) is 3.19. The Balaban J connectivity index is 1.26. The first-order chi connectivity index (χ1) is 15.1. The van der Waals surface area contributed by atoms with Crippen molar-refractivity contribution >= 4 is 38.1 Å². The molecule has 0 unspecified atom stereocenters. The van der Waals surface area contributed by atoms with Crippen LogP contribution in [0.3, 0.4) is 0 Å². The van der Waals surface area contributed by atoms with Crippen LogP contribution in [0.2, 0.25) is 18.1 Å². The second kappa shape index (κ2) is 14.1. The Morgan fingerprint density at radius 1 is 0.871 bits per heavy atom. The Bertz CT molecular complexity index is 633. The smallest absolute Gasteiger partial charge is 0.0709 e. The second-order valence-corrected chi connectivity index (χ2v) is 15.0. The Morgan fingerprint density at radius 2 is 1.55 bits per heavy atom. The predicted molar refractivity (Wildman–Crippen MR) is 143 cm³/mol. The summed E-state index contributed by atoms with van der Waals surface area (Å²) >= 11 is 11.5. The molecular weight excluding hydrogens is 435 g/mol. The highest BCUT2D eigenvalue weighted by atomic mass is 35.5. The summed E-state index contributed by atoms with van der Waals surface area (Å²) < 4.78 is 0.319. The van der Waals surface area contributed by atoms with E-state index in [0.717, 1.165) is 23.3 Å². The molecule has 3 rings (SSSR count). The topological polar surface area (TPSA) is 0 Å². The Hall–Kier alpha value is -0.243. The van der Waals surface area contributed by atoms with Crippen LogP contribution in [0.15, 0.2) is 28.8 Å². The lowest BCUT2D eigenvalue weighted by Gasteiger charge is -2.37. The number of halogens is 2. The average Bonchev–Trinajstić information content (AvgIpc) is 2.79. The van der Waals surface area contributed by atoms with E-state index < -0.39 is 0 Å². The molecule has 2 aliphatic rings. The third kappa shape index (κ3) is 9.26. The SMILES string of the molecule is CCCCC[SiH]1CCC(C2CCC(CCCCc3ccc(C=C(Cl)Cl)cc3)CC2)CC1. The molecule has 31 heavy (non-hydrogen) atoms. The molecule has 0 nitrogen and oxygen atoms in total. The lowest BCUT2D eigenvalue weighted by Crippen LogP contribution is -2.28. The molecule has 0 radical (unpaired) electrons. The number of unbranched alkanes of at least 4 members (excludes halogenated alkanes) is 3. The van der Waals surface area contributed by atoms with Gasteiger partial charge >= 0.3 is 0 Å². The molecule has 1 aromatic carbocycles. The monoisotopic (exact) mass is 478 g/mol. The van der Waals surface area contributed by atoms with Crippen molar-refractivity contribution in [1.29, 1.82) is 0 Å². The highest BCUT2D eigenvalue weighted by molar-refractivity contribution is 6.59. The standard InChI is InChI=1S/C28H44Cl2Si/c1-2-3-6-19-31-20-17-27(18-21-31)26-15-13-24(14-16-26)8-5-4-7-23-9-11-25(12-10-23)22-28(29)30/h9-12,22,24,26-27,31H,2-8,13-21H2,1H3. The molecule has 1 heterocycles. The minimum atomic E-state index is -0.332. The number of hydrogen-bond acceptors (Lipinski definition) is 0. The second-order valence-electron chi connectivity index (χ2n) is 10.5. The maximum atomic E-state index is 5.74. The maximum absolute atomic E-state index is 5.74. The maximum Gasteiger partial charge on any atom is 0.107 e. The van der Waals surface area contributed by atoms with Crippen molar-refractivity contribution in [2.75, 3.05) is 0 Å². The normalized spacial score (nSPS) is 26.5. The molecule has 1 aromatic rings. The molecule has 0 bridgehead atoms. The van der Waals surface area contributed by atoms with Gasteiger partial charge in [0.05, 0.1) is 0 Å². The van der Waals surface area contributed by atoms with E-state index in [0.29, 0.717) is 4.49 Å². The first kappa shape index (κ1) is 25.4. The van der Waals surface area contributed by atoms with Crippen molar-refractivity contribution in [3.05, 3.63) is 39.9 Å². The van der Waals surface area contributed by atoms with Gasteiger partial charge in [-0.2, -0.15) is 0 Å². The van der Waals surface area contributed by atoms with Gasteiger partial charge in [0.2, 0.25) is 0 Å². The van der Waals surface area contributed by atoms with Crippen molar-refractivity contribution in [2.45, 2.75) is 109 Å². The van der Waals surface area contributed by atoms with E-state index in [1.807, 2.05) is 0 Å². The molecular formula is C28H44Cl2Si. The van der Waals surface area contributed by atoms with Gasteiger partial charge in [-0.1, -0.05) is 130 Å². The fourth-order valence-corrected chi connectivity index (χ4v) is 10.0. The van der Waals surface area contributed by atoms with Crippen LogP contribution in [0.1, 0.15) is 95.1 Å². The number of hydrogen-bond donors (Lipinski definition) is 0. The van der Waals surface area contributed by atoms with Gasteiger partial charge in [-0.3, -0.25) is 0 Å². The summed E-state index contributed by atoms with van der Waals surface area (Å²) in [7, 11) is -0.332. The molecule has 2 fully saturated rings. The minimum absolute atomic E-state index is 0.319. The van der Waals surface area contributed by atoms with Crippen molar-refractivity contribution in [2.24, 2.45) is 17.8 Å². The van der Waals surface area contributed by atoms with Crippen molar-refractivity contribution in [3.63, 3.8) is 0 Å². The first-order valence-electron chi connectivity index (χ1n) is 13.3. The van der Waals surface area contributed by atoms with Gasteiger partial charge in [0, 0.05) is 8.80 Å². The summed E-state index contributed by atoms with van der Waals surface area (Å²) in [5, 5.41) is 0. The van der Waals surface area contributed by atoms with Crippen LogP contribution < -0.4 is 0 Å². The molecule has 3 heteroatoms. The van der Waals surface area contributed by atoms with Gasteiger partial charge < -0.3 is 0 Å². The van der Waals surface area contributed by atoms with Gasteiger partial charge in [0.15, 0.2) is 0 Å². The van der Waals surface area contributed by atoms with E-state index in [1.165, 1.54) is 76.2 Å². The van der Waals surface area contributed by atoms with Crippen molar-refractivity contribution < 1.29 is 0 Å². The van der Waals surface area contributed by atoms with Crippen LogP contribution in [0.25, 0.3) is 6.08 Å². The van der Waals surface area contributed by atoms with Crippen LogP contribution in [0.4, 0.5) is 0 Å². The van der Waals surface area contributed by atoms with Crippen LogP contribution in [0, 0.1) is 17.8 Å². The van der Waals surface area contributed by atoms with E-state index >= 15 is 0 Å². The van der Waals surface area contributed by atoms with Crippen LogP contribution in [-0.4, -0.2) is 8.80 Å². The highest BCUT2D eigenvalue weighted by Crippen LogP contribution is 2.42. The minimum Gasteiger partial charge on any atom is -0.0709 e. The molecule has 0 N–H and O–H groups in total. The summed E-state index contributed by atoms with van der Waals surface area (Å²) in [6.45, 7) is 2.34. The lowest BCUT2D eigenvalue weighted by atomic mass is 9.73. The van der Waals surface area contributed by atoms with Crippen LogP contribution >= 0.6 is 23.2 Å². The van der Waals surface area contributed by atoms with E-state index in [1.54, 1.807) is 37.0 Å². The number of rotatable bonds is 11. The Kier molecular flexibility index (Phi) is 11.6. The summed E-state index contributed by atoms with van der Waals surface area (Å²) in [5.41, 5.74) is 2.51. The fraction of sp³-hybridized carbons (Fsp3) is 0.714. The van der Waals surface area contributed by atoms with Crippen LogP contribution in [-0.2, 0) is 6.42 Å². The predicted octanol–water partition coefficient (Wildman–Crippen LogP) is 9.81. The molecule has 1 saturated heterocycles. The molecule has 0 spiro atoms. The molecule has 0 aromatic heterocycles. The van der Waals surface area contributed by atoms with Crippen molar-refractivity contribution in [1.82, 2.24) is 0 Å². The van der Waals surface area contributed by atoms with Crippen molar-refractivity contribution in [3.8, 4) is 0 Å². The number of benzene rings is 1. The zero-order chi connectivity index (χ0) is 21.9. The van der Waals surface area contributed by atoms with Gasteiger partial charge in [-0.25, -0.2) is 0 Å². The number of aryl methyl sites for hydroxylation is 1. The largest absolute Gasteiger partial charge is 0.107 e.